The summed E-state index contributed by atoms with van der Waals surface area (Å²) in [5.74, 6) is -0.737. The summed E-state index contributed by atoms with van der Waals surface area (Å²) in [5.41, 5.74) is 0. The Bertz CT molecular complexity index is 1040. The molecule has 0 radical (unpaired) electrons. The van der Waals surface area contributed by atoms with Crippen LogP contribution in [0.4, 0.5) is 0 Å². The number of hydrogen-bond acceptors (Lipinski definition) is 11. The molecule has 1 amide bonds. The van der Waals surface area contributed by atoms with Gasteiger partial charge in [0.25, 0.3) is 0 Å². The van der Waals surface area contributed by atoms with Gasteiger partial charge in [0.1, 0.15) is 30.5 Å². The molecule has 13 nitrogen and oxygen atoms in total. The summed E-state index contributed by atoms with van der Waals surface area (Å²) in [5, 5.41) is 54.4. The monoisotopic (exact) mass is 707 g/mol. The number of ether oxygens (including phenoxy) is 2. The van der Waals surface area contributed by atoms with Gasteiger partial charge in [-0.1, -0.05) is 95.2 Å². The SMILES string of the molecule is CCC/C=C/CC/C=C/C(O)C(COC1OC(CO)C(O)C(OS(=O)(=O)O)C1O)NC(=O)C(O)CCCC/C=C\CCCCCCCC. The minimum Gasteiger partial charge on any atom is -0.394 e. The summed E-state index contributed by atoms with van der Waals surface area (Å²) in [6.45, 7) is 2.99. The topological polar surface area (TPSA) is 212 Å². The molecule has 1 fully saturated rings. The van der Waals surface area contributed by atoms with Crippen LogP contribution < -0.4 is 5.32 Å². The Kier molecular flexibility index (Phi) is 24.1. The van der Waals surface area contributed by atoms with Crippen molar-refractivity contribution in [1.82, 2.24) is 5.32 Å². The van der Waals surface area contributed by atoms with Gasteiger partial charge in [-0.2, -0.15) is 8.42 Å². The highest BCUT2D eigenvalue weighted by Gasteiger charge is 2.48. The van der Waals surface area contributed by atoms with Gasteiger partial charge in [-0.15, -0.1) is 0 Å². The summed E-state index contributed by atoms with van der Waals surface area (Å²) in [4.78, 5) is 12.9. The Morgan fingerprint density at radius 3 is 2.08 bits per heavy atom. The van der Waals surface area contributed by atoms with Crippen molar-refractivity contribution in [1.29, 1.82) is 0 Å². The molecule has 0 bridgehead atoms. The van der Waals surface area contributed by atoms with Crippen LogP contribution in [0.25, 0.3) is 0 Å². The van der Waals surface area contributed by atoms with E-state index in [0.717, 1.165) is 38.5 Å². The van der Waals surface area contributed by atoms with Crippen LogP contribution in [0.15, 0.2) is 36.5 Å². The van der Waals surface area contributed by atoms with E-state index in [0.29, 0.717) is 12.8 Å². The van der Waals surface area contributed by atoms with Crippen LogP contribution >= 0.6 is 0 Å². The second-order valence-corrected chi connectivity index (χ2v) is 13.3. The highest BCUT2D eigenvalue weighted by atomic mass is 32.3. The maximum atomic E-state index is 12.9. The molecule has 7 N–H and O–H groups in total. The highest BCUT2D eigenvalue weighted by molar-refractivity contribution is 7.80. The van der Waals surface area contributed by atoms with Gasteiger partial charge in [-0.3, -0.25) is 9.35 Å². The first-order chi connectivity index (χ1) is 22.9. The summed E-state index contributed by atoms with van der Waals surface area (Å²) in [6.07, 6.45) is 14.5. The Morgan fingerprint density at radius 2 is 1.44 bits per heavy atom. The number of carbonyl (C=O) groups excluding carboxylic acids is 1. The standard InChI is InChI=1S/C34H61NO12S/c1-3-5-7-9-11-12-13-14-15-17-19-21-23-28(38)33(41)35-26(27(37)22-20-18-16-10-8-6-4-2)25-45-34-31(40)32(47-48(42,43)44)30(39)29(24-36)46-34/h8,10,14-15,20,22,26-32,34,36-40H,3-7,9,11-13,16-19,21,23-25H2,1-2H3,(H,35,41)(H,42,43,44)/b10-8+,15-14-,22-20+. The lowest BCUT2D eigenvalue weighted by molar-refractivity contribution is -0.298. The number of hydrogen-bond donors (Lipinski definition) is 7. The largest absolute Gasteiger partial charge is 0.397 e. The fourth-order valence-electron chi connectivity index (χ4n) is 5.12. The lowest BCUT2D eigenvalue weighted by atomic mass is 9.99. The van der Waals surface area contributed by atoms with Crippen molar-refractivity contribution < 1.29 is 57.0 Å². The van der Waals surface area contributed by atoms with Gasteiger partial charge in [0.05, 0.1) is 25.4 Å². The van der Waals surface area contributed by atoms with Crippen molar-refractivity contribution in [3.05, 3.63) is 36.5 Å². The van der Waals surface area contributed by atoms with E-state index >= 15 is 0 Å². The quantitative estimate of drug-likeness (QED) is 0.0372. The molecule has 0 aromatic carbocycles. The molecule has 0 aromatic rings. The number of nitrogens with one attached hydrogen (secondary N) is 1. The molecule has 8 unspecified atom stereocenters. The van der Waals surface area contributed by atoms with Crippen LogP contribution in [0.2, 0.25) is 0 Å². The van der Waals surface area contributed by atoms with Crippen LogP contribution in [-0.2, 0) is 28.9 Å². The van der Waals surface area contributed by atoms with Crippen LogP contribution in [-0.4, -0.2) is 107 Å². The minimum atomic E-state index is -5.11. The number of carbonyl (C=O) groups is 1. The molecule has 1 aliphatic heterocycles. The van der Waals surface area contributed by atoms with Gasteiger partial charge < -0.3 is 40.3 Å². The van der Waals surface area contributed by atoms with E-state index in [2.05, 4.69) is 41.6 Å². The molecule has 1 heterocycles. The molecular weight excluding hydrogens is 646 g/mol. The molecule has 1 rings (SSSR count). The Balaban J connectivity index is 2.76. The number of aliphatic hydroxyl groups excluding tert-OH is 5. The van der Waals surface area contributed by atoms with E-state index in [9.17, 15) is 38.7 Å². The first-order valence-electron chi connectivity index (χ1n) is 17.5. The van der Waals surface area contributed by atoms with Crippen molar-refractivity contribution >= 4 is 16.3 Å². The number of amides is 1. The highest BCUT2D eigenvalue weighted by Crippen LogP contribution is 2.26. The van der Waals surface area contributed by atoms with Gasteiger partial charge in [-0.25, -0.2) is 4.18 Å². The zero-order chi connectivity index (χ0) is 35.8. The van der Waals surface area contributed by atoms with Gasteiger partial charge in [0, 0.05) is 0 Å². The third-order valence-corrected chi connectivity index (χ3v) is 8.45. The number of aliphatic hydroxyl groups is 5. The van der Waals surface area contributed by atoms with E-state index in [1.54, 1.807) is 6.08 Å². The average molecular weight is 708 g/mol. The predicted molar refractivity (Wildman–Crippen MR) is 182 cm³/mol. The molecule has 0 spiro atoms. The van der Waals surface area contributed by atoms with E-state index < -0.39 is 78.5 Å². The third kappa shape index (κ3) is 19.5. The molecule has 0 saturated carbocycles. The molecular formula is C34H61NO12S. The zero-order valence-corrected chi connectivity index (χ0v) is 29.5. The smallest absolute Gasteiger partial charge is 0.394 e. The maximum absolute atomic E-state index is 12.9. The summed E-state index contributed by atoms with van der Waals surface area (Å²) >= 11 is 0. The lowest BCUT2D eigenvalue weighted by Gasteiger charge is -2.41. The Labute approximate surface area is 287 Å². The van der Waals surface area contributed by atoms with Crippen molar-refractivity contribution in [2.75, 3.05) is 13.2 Å². The van der Waals surface area contributed by atoms with Gasteiger partial charge in [0.2, 0.25) is 5.91 Å². The molecule has 8 atom stereocenters. The molecule has 1 saturated heterocycles. The maximum Gasteiger partial charge on any atom is 0.397 e. The van der Waals surface area contributed by atoms with Gasteiger partial charge in [0.15, 0.2) is 6.29 Å². The zero-order valence-electron chi connectivity index (χ0n) is 28.6. The van der Waals surface area contributed by atoms with E-state index in [1.165, 1.54) is 44.6 Å². The number of rotatable bonds is 27. The van der Waals surface area contributed by atoms with Crippen LogP contribution in [0.1, 0.15) is 110 Å². The van der Waals surface area contributed by atoms with Crippen molar-refractivity contribution in [3.8, 4) is 0 Å². The summed E-state index contributed by atoms with van der Waals surface area (Å²) in [6, 6.07) is -1.14. The molecule has 0 aliphatic carbocycles. The van der Waals surface area contributed by atoms with Gasteiger partial charge >= 0.3 is 10.4 Å². The Morgan fingerprint density at radius 1 is 0.833 bits per heavy atom. The predicted octanol–water partition coefficient (Wildman–Crippen LogP) is 3.40. The first-order valence-corrected chi connectivity index (χ1v) is 18.8. The molecule has 0 aromatic heterocycles. The second kappa shape index (κ2) is 26.1. The second-order valence-electron chi connectivity index (χ2n) is 12.2. The molecule has 14 heteroatoms. The van der Waals surface area contributed by atoms with E-state index in [-0.39, 0.29) is 6.42 Å². The molecule has 280 valence electrons. The lowest BCUT2D eigenvalue weighted by Crippen LogP contribution is -2.61. The fraction of sp³-hybridized carbons (Fsp3) is 0.794. The minimum absolute atomic E-state index is 0.204. The summed E-state index contributed by atoms with van der Waals surface area (Å²) < 4.78 is 47.0. The third-order valence-electron chi connectivity index (χ3n) is 7.98. The average Bonchev–Trinajstić information content (AvgIpc) is 3.05. The van der Waals surface area contributed by atoms with Gasteiger partial charge in [-0.05, 0) is 51.4 Å². The molecule has 1 aliphatic rings. The van der Waals surface area contributed by atoms with E-state index in [4.69, 9.17) is 14.0 Å². The van der Waals surface area contributed by atoms with Crippen molar-refractivity contribution in [2.45, 2.75) is 159 Å². The van der Waals surface area contributed by atoms with Crippen LogP contribution in [0.5, 0.6) is 0 Å². The van der Waals surface area contributed by atoms with E-state index in [1.807, 2.05) is 6.08 Å². The normalized spacial score (nSPS) is 24.0. The van der Waals surface area contributed by atoms with Crippen LogP contribution in [0, 0.1) is 0 Å². The number of unbranched alkanes of at least 4 members (excludes halogenated alkanes) is 10. The van der Waals surface area contributed by atoms with Crippen molar-refractivity contribution in [3.63, 3.8) is 0 Å². The van der Waals surface area contributed by atoms with Crippen molar-refractivity contribution in [2.24, 2.45) is 0 Å². The molecule has 48 heavy (non-hydrogen) atoms. The summed E-state index contributed by atoms with van der Waals surface area (Å²) in [7, 11) is -5.11. The number of allylic oxidation sites excluding steroid dienone is 5. The first kappa shape index (κ1) is 44.3. The Hall–Kier alpha value is -1.72. The fourth-order valence-corrected chi connectivity index (χ4v) is 5.63. The van der Waals surface area contributed by atoms with Crippen LogP contribution in [0.3, 0.4) is 0 Å².